The Morgan fingerprint density at radius 1 is 0.654 bits per heavy atom. The van der Waals surface area contributed by atoms with E-state index in [1.807, 2.05) is 68.4 Å². The van der Waals surface area contributed by atoms with Crippen molar-refractivity contribution in [3.05, 3.63) is 108 Å². The summed E-state index contributed by atoms with van der Waals surface area (Å²) in [5, 5.41) is 9.53. The van der Waals surface area contributed by atoms with Gasteiger partial charge in [-0.25, -0.2) is 0 Å². The van der Waals surface area contributed by atoms with Crippen molar-refractivity contribution in [3.63, 3.8) is 0 Å². The van der Waals surface area contributed by atoms with E-state index in [1.165, 1.54) is 0 Å². The monoisotopic (exact) mass is 346 g/mol. The molecule has 2 heteroatoms. The van der Waals surface area contributed by atoms with E-state index < -0.39 is 11.2 Å². The van der Waals surface area contributed by atoms with Crippen LogP contribution in [0.1, 0.15) is 37.0 Å². The lowest BCUT2D eigenvalue weighted by Crippen LogP contribution is -2.41. The van der Waals surface area contributed by atoms with Gasteiger partial charge >= 0.3 is 0 Å². The van der Waals surface area contributed by atoms with E-state index in [4.69, 9.17) is 4.74 Å². The van der Waals surface area contributed by atoms with Crippen LogP contribution in [0.15, 0.2) is 91.0 Å². The maximum absolute atomic E-state index is 9.53. The molecule has 0 aromatic heterocycles. The lowest BCUT2D eigenvalue weighted by Gasteiger charge is -2.42. The molecule has 0 unspecified atom stereocenters. The Morgan fingerprint density at radius 2 is 1.00 bits per heavy atom. The topological polar surface area (TPSA) is 29.5 Å². The van der Waals surface area contributed by atoms with Gasteiger partial charge in [0.25, 0.3) is 0 Å². The molecule has 0 saturated carbocycles. The highest BCUT2D eigenvalue weighted by atomic mass is 16.5. The smallest absolute Gasteiger partial charge is 0.144 e. The second-order valence-corrected chi connectivity index (χ2v) is 7.11. The highest BCUT2D eigenvalue weighted by Gasteiger charge is 2.41. The first-order chi connectivity index (χ1) is 12.6. The zero-order chi connectivity index (χ0) is 18.5. The van der Waals surface area contributed by atoms with Gasteiger partial charge in [-0.2, -0.15) is 0 Å². The summed E-state index contributed by atoms with van der Waals surface area (Å²) in [6.45, 7) is 4.15. The molecule has 0 radical (unpaired) electrons. The number of aliphatic hydroxyl groups is 1. The quantitative estimate of drug-likeness (QED) is 0.599. The Labute approximate surface area is 156 Å². The van der Waals surface area contributed by atoms with Gasteiger partial charge in [0.05, 0.1) is 5.60 Å². The van der Waals surface area contributed by atoms with Gasteiger partial charge in [-0.1, -0.05) is 91.0 Å². The van der Waals surface area contributed by atoms with Crippen LogP contribution in [0, 0.1) is 0 Å². The van der Waals surface area contributed by atoms with Gasteiger partial charge in [-0.15, -0.1) is 0 Å². The number of rotatable bonds is 7. The van der Waals surface area contributed by atoms with Crippen LogP contribution >= 0.6 is 0 Å². The van der Waals surface area contributed by atoms with Crippen LogP contribution in [0.5, 0.6) is 0 Å². The van der Waals surface area contributed by atoms with Gasteiger partial charge in [0.1, 0.15) is 5.60 Å². The molecule has 0 heterocycles. The summed E-state index contributed by atoms with van der Waals surface area (Å²) in [4.78, 5) is 0. The molecular weight excluding hydrogens is 320 g/mol. The summed E-state index contributed by atoms with van der Waals surface area (Å²) in [6.07, 6.45) is 0.557. The lowest BCUT2D eigenvalue weighted by molar-refractivity contribution is -0.111. The molecular formula is C24H26O2. The van der Waals surface area contributed by atoms with Crippen molar-refractivity contribution in [3.8, 4) is 0 Å². The van der Waals surface area contributed by atoms with Crippen molar-refractivity contribution in [1.82, 2.24) is 0 Å². The van der Waals surface area contributed by atoms with Gasteiger partial charge in [-0.05, 0) is 37.0 Å². The van der Waals surface area contributed by atoms with Crippen LogP contribution in [0.2, 0.25) is 0 Å². The Bertz CT molecular complexity index is 699. The first-order valence-electron chi connectivity index (χ1n) is 9.06. The normalized spacial score (nSPS) is 12.1. The largest absolute Gasteiger partial charge is 0.396 e. The predicted molar refractivity (Wildman–Crippen MR) is 106 cm³/mol. The molecule has 0 aliphatic rings. The molecule has 2 nitrogen and oxygen atoms in total. The first kappa shape index (κ1) is 18.4. The molecule has 3 rings (SSSR count). The van der Waals surface area contributed by atoms with E-state index in [1.54, 1.807) is 0 Å². The third-order valence-electron chi connectivity index (χ3n) is 4.68. The van der Waals surface area contributed by atoms with Gasteiger partial charge in [0.15, 0.2) is 0 Å². The summed E-state index contributed by atoms with van der Waals surface area (Å²) in [6, 6.07) is 30.9. The molecule has 0 aliphatic carbocycles. The molecule has 0 fully saturated rings. The van der Waals surface area contributed by atoms with Crippen molar-refractivity contribution >= 4 is 0 Å². The minimum Gasteiger partial charge on any atom is -0.396 e. The van der Waals surface area contributed by atoms with E-state index in [0.29, 0.717) is 6.42 Å². The zero-order valence-corrected chi connectivity index (χ0v) is 15.4. The van der Waals surface area contributed by atoms with Crippen molar-refractivity contribution in [2.45, 2.75) is 31.5 Å². The Kier molecular flexibility index (Phi) is 5.55. The molecule has 0 spiro atoms. The van der Waals surface area contributed by atoms with Crippen LogP contribution in [-0.2, 0) is 10.3 Å². The van der Waals surface area contributed by atoms with E-state index in [9.17, 15) is 5.11 Å². The Balaban J connectivity index is 2.28. The molecule has 0 saturated heterocycles. The fourth-order valence-electron chi connectivity index (χ4n) is 3.43. The third kappa shape index (κ3) is 3.72. The molecule has 3 aromatic carbocycles. The van der Waals surface area contributed by atoms with Crippen molar-refractivity contribution < 1.29 is 9.84 Å². The van der Waals surface area contributed by atoms with Gasteiger partial charge in [-0.3, -0.25) is 0 Å². The van der Waals surface area contributed by atoms with E-state index in [-0.39, 0.29) is 6.61 Å². The van der Waals surface area contributed by atoms with E-state index in [2.05, 4.69) is 36.4 Å². The highest BCUT2D eigenvalue weighted by Crippen LogP contribution is 2.43. The highest BCUT2D eigenvalue weighted by molar-refractivity contribution is 5.47. The molecule has 0 atom stereocenters. The number of ether oxygens (including phenoxy) is 1. The third-order valence-corrected chi connectivity index (χ3v) is 4.68. The Hall–Kier alpha value is -2.42. The summed E-state index contributed by atoms with van der Waals surface area (Å²) >= 11 is 0. The van der Waals surface area contributed by atoms with E-state index in [0.717, 1.165) is 16.7 Å². The SMILES string of the molecule is CC(C)(CCO)OC(c1ccccc1)(c1ccccc1)c1ccccc1. The molecule has 0 bridgehead atoms. The summed E-state index contributed by atoms with van der Waals surface area (Å²) in [7, 11) is 0. The first-order valence-corrected chi connectivity index (χ1v) is 9.06. The Morgan fingerprint density at radius 3 is 1.31 bits per heavy atom. The minimum atomic E-state index is -0.748. The van der Waals surface area contributed by atoms with E-state index >= 15 is 0 Å². The van der Waals surface area contributed by atoms with Gasteiger partial charge in [0, 0.05) is 6.61 Å². The predicted octanol–water partition coefficient (Wildman–Crippen LogP) is 5.16. The number of aliphatic hydroxyl groups excluding tert-OH is 1. The molecule has 0 aliphatic heterocycles. The molecule has 26 heavy (non-hydrogen) atoms. The molecule has 1 N–H and O–H groups in total. The number of hydrogen-bond acceptors (Lipinski definition) is 2. The van der Waals surface area contributed by atoms with Crippen molar-refractivity contribution in [1.29, 1.82) is 0 Å². The minimum absolute atomic E-state index is 0.0848. The standard InChI is InChI=1S/C24H26O2/c1-23(2,18-19-25)26-24(20-12-6-3-7-13-20,21-14-8-4-9-15-21)22-16-10-5-11-17-22/h3-17,25H,18-19H2,1-2H3. The van der Waals surface area contributed by atoms with Crippen molar-refractivity contribution in [2.75, 3.05) is 6.61 Å². The maximum atomic E-state index is 9.53. The second kappa shape index (κ2) is 7.86. The lowest BCUT2D eigenvalue weighted by atomic mass is 9.79. The summed E-state index contributed by atoms with van der Waals surface area (Å²) in [5.41, 5.74) is 1.97. The van der Waals surface area contributed by atoms with Crippen LogP contribution in [0.25, 0.3) is 0 Å². The van der Waals surface area contributed by atoms with Crippen molar-refractivity contribution in [2.24, 2.45) is 0 Å². The van der Waals surface area contributed by atoms with Gasteiger partial charge in [0.2, 0.25) is 0 Å². The van der Waals surface area contributed by atoms with Crippen LogP contribution < -0.4 is 0 Å². The average Bonchev–Trinajstić information content (AvgIpc) is 2.68. The number of benzene rings is 3. The fraction of sp³-hybridized carbons (Fsp3) is 0.250. The molecule has 134 valence electrons. The van der Waals surface area contributed by atoms with Crippen LogP contribution in [0.4, 0.5) is 0 Å². The second-order valence-electron chi connectivity index (χ2n) is 7.11. The molecule has 3 aromatic rings. The van der Waals surface area contributed by atoms with Crippen LogP contribution in [0.3, 0.4) is 0 Å². The van der Waals surface area contributed by atoms with Gasteiger partial charge < -0.3 is 9.84 Å². The average molecular weight is 346 g/mol. The van der Waals surface area contributed by atoms with Crippen LogP contribution in [-0.4, -0.2) is 17.3 Å². The maximum Gasteiger partial charge on any atom is 0.144 e. The summed E-state index contributed by atoms with van der Waals surface area (Å²) in [5.74, 6) is 0. The summed E-state index contributed by atoms with van der Waals surface area (Å²) < 4.78 is 6.86. The zero-order valence-electron chi connectivity index (χ0n) is 15.4. The fourth-order valence-corrected chi connectivity index (χ4v) is 3.43. The molecule has 0 amide bonds. The number of hydrogen-bond donors (Lipinski definition) is 1.